The number of rotatable bonds is 6. The Morgan fingerprint density at radius 3 is 2.35 bits per heavy atom. The third kappa shape index (κ3) is 4.74. The summed E-state index contributed by atoms with van der Waals surface area (Å²) in [6, 6.07) is 0.601. The van der Waals surface area contributed by atoms with Gasteiger partial charge in [0, 0.05) is 24.5 Å². The molecule has 0 aliphatic carbocycles. The summed E-state index contributed by atoms with van der Waals surface area (Å²) in [5.41, 5.74) is 6.98. The fourth-order valence-corrected chi connectivity index (χ4v) is 2.51. The molecule has 0 spiro atoms. The molecule has 1 heterocycles. The first kappa shape index (κ1) is 14.6. The second-order valence-electron chi connectivity index (χ2n) is 5.38. The molecule has 1 atom stereocenters. The topological polar surface area (TPSA) is 42.1 Å². The summed E-state index contributed by atoms with van der Waals surface area (Å²) in [4.78, 5) is 7.05. The van der Waals surface area contributed by atoms with Crippen molar-refractivity contribution in [1.29, 1.82) is 0 Å². The highest BCUT2D eigenvalue weighted by atomic mass is 32.1. The van der Waals surface area contributed by atoms with E-state index in [4.69, 9.17) is 5.73 Å². The van der Waals surface area contributed by atoms with Crippen LogP contribution in [0.4, 0.5) is 0 Å². The zero-order valence-electron chi connectivity index (χ0n) is 11.6. The summed E-state index contributed by atoms with van der Waals surface area (Å²) in [6.07, 6.45) is 0. The van der Waals surface area contributed by atoms with Gasteiger partial charge in [-0.1, -0.05) is 13.8 Å². The van der Waals surface area contributed by atoms with Crippen molar-refractivity contribution in [3.8, 4) is 0 Å². The molecular weight excluding hydrogens is 230 g/mol. The standard InChI is InChI=1S/C13H25N3S/c1-9(2)6-16(10(3)4)7-12-8-17-13(15-12)11(5)14/h8-11H,6-7,14H2,1-5H3. The van der Waals surface area contributed by atoms with Gasteiger partial charge in [0.15, 0.2) is 0 Å². The Hall–Kier alpha value is -0.450. The Morgan fingerprint density at radius 1 is 1.29 bits per heavy atom. The second kappa shape index (κ2) is 6.47. The molecule has 1 aromatic rings. The van der Waals surface area contributed by atoms with Crippen LogP contribution >= 0.6 is 11.3 Å². The van der Waals surface area contributed by atoms with E-state index in [1.165, 1.54) is 0 Å². The molecule has 1 aromatic heterocycles. The van der Waals surface area contributed by atoms with E-state index in [0.29, 0.717) is 12.0 Å². The van der Waals surface area contributed by atoms with Crippen LogP contribution < -0.4 is 5.73 Å². The zero-order chi connectivity index (χ0) is 13.0. The first-order valence-corrected chi connectivity index (χ1v) is 7.22. The van der Waals surface area contributed by atoms with Crippen LogP contribution in [-0.4, -0.2) is 22.5 Å². The van der Waals surface area contributed by atoms with Gasteiger partial charge in [0.05, 0.1) is 11.7 Å². The number of hydrogen-bond acceptors (Lipinski definition) is 4. The summed E-state index contributed by atoms with van der Waals surface area (Å²) < 4.78 is 0. The lowest BCUT2D eigenvalue weighted by atomic mass is 10.1. The summed E-state index contributed by atoms with van der Waals surface area (Å²) in [7, 11) is 0. The molecule has 0 fully saturated rings. The summed E-state index contributed by atoms with van der Waals surface area (Å²) in [5.74, 6) is 0.684. The van der Waals surface area contributed by atoms with E-state index >= 15 is 0 Å². The Balaban J connectivity index is 2.65. The molecule has 0 amide bonds. The number of hydrogen-bond donors (Lipinski definition) is 1. The van der Waals surface area contributed by atoms with Crippen LogP contribution in [-0.2, 0) is 6.54 Å². The van der Waals surface area contributed by atoms with Gasteiger partial charge in [0.2, 0.25) is 0 Å². The lowest BCUT2D eigenvalue weighted by Gasteiger charge is -2.27. The van der Waals surface area contributed by atoms with E-state index in [2.05, 4.69) is 43.0 Å². The van der Waals surface area contributed by atoms with Gasteiger partial charge in [0.1, 0.15) is 5.01 Å². The fourth-order valence-electron chi connectivity index (χ4n) is 1.74. The molecule has 0 bridgehead atoms. The van der Waals surface area contributed by atoms with E-state index in [1.54, 1.807) is 11.3 Å². The Bertz CT molecular complexity index is 331. The fraction of sp³-hybridized carbons (Fsp3) is 0.769. The van der Waals surface area contributed by atoms with Crippen molar-refractivity contribution in [3.05, 3.63) is 16.1 Å². The third-order valence-corrected chi connectivity index (χ3v) is 3.75. The van der Waals surface area contributed by atoms with E-state index in [9.17, 15) is 0 Å². The van der Waals surface area contributed by atoms with Gasteiger partial charge in [0.25, 0.3) is 0 Å². The summed E-state index contributed by atoms with van der Waals surface area (Å²) in [6.45, 7) is 13.0. The van der Waals surface area contributed by atoms with E-state index in [1.807, 2.05) is 6.92 Å². The molecule has 0 radical (unpaired) electrons. The molecule has 1 rings (SSSR count). The van der Waals surface area contributed by atoms with Crippen LogP contribution in [0.5, 0.6) is 0 Å². The highest BCUT2D eigenvalue weighted by Crippen LogP contribution is 2.18. The van der Waals surface area contributed by atoms with Crippen LogP contribution in [0, 0.1) is 5.92 Å². The SMILES string of the molecule is CC(C)CN(Cc1csc(C(C)N)n1)C(C)C. The zero-order valence-corrected chi connectivity index (χ0v) is 12.4. The maximum Gasteiger partial charge on any atom is 0.109 e. The average Bonchev–Trinajstić information content (AvgIpc) is 2.64. The van der Waals surface area contributed by atoms with Gasteiger partial charge in [-0.3, -0.25) is 4.90 Å². The number of nitrogens with zero attached hydrogens (tertiary/aromatic N) is 2. The molecule has 0 saturated carbocycles. The minimum absolute atomic E-state index is 0.0475. The second-order valence-corrected chi connectivity index (χ2v) is 6.27. The quantitative estimate of drug-likeness (QED) is 0.849. The monoisotopic (exact) mass is 255 g/mol. The predicted molar refractivity (Wildman–Crippen MR) is 75.1 cm³/mol. The molecule has 3 nitrogen and oxygen atoms in total. The third-order valence-electron chi connectivity index (χ3n) is 2.65. The summed E-state index contributed by atoms with van der Waals surface area (Å²) in [5, 5.41) is 3.17. The molecule has 98 valence electrons. The highest BCUT2D eigenvalue weighted by molar-refractivity contribution is 7.09. The van der Waals surface area contributed by atoms with Gasteiger partial charge in [-0.15, -0.1) is 11.3 Å². The van der Waals surface area contributed by atoms with E-state index < -0.39 is 0 Å². The Labute approximate surface area is 109 Å². The van der Waals surface area contributed by atoms with Gasteiger partial charge >= 0.3 is 0 Å². The maximum atomic E-state index is 5.83. The van der Waals surface area contributed by atoms with Crippen LogP contribution in [0.2, 0.25) is 0 Å². The van der Waals surface area contributed by atoms with Crippen molar-refractivity contribution < 1.29 is 0 Å². The lowest BCUT2D eigenvalue weighted by molar-refractivity contribution is 0.187. The number of thiazole rings is 1. The van der Waals surface area contributed by atoms with Gasteiger partial charge < -0.3 is 5.73 Å². The molecule has 17 heavy (non-hydrogen) atoms. The Kier molecular flexibility index (Phi) is 5.56. The van der Waals surface area contributed by atoms with Crippen molar-refractivity contribution in [3.63, 3.8) is 0 Å². The molecule has 0 aliphatic rings. The largest absolute Gasteiger partial charge is 0.322 e. The first-order chi connectivity index (χ1) is 7.90. The predicted octanol–water partition coefficient (Wildman–Crippen LogP) is 3.03. The maximum absolute atomic E-state index is 5.83. The summed E-state index contributed by atoms with van der Waals surface area (Å²) >= 11 is 1.67. The number of nitrogens with two attached hydrogens (primary N) is 1. The van der Waals surface area contributed by atoms with Crippen molar-refractivity contribution >= 4 is 11.3 Å². The van der Waals surface area contributed by atoms with Crippen LogP contribution in [0.25, 0.3) is 0 Å². The molecule has 0 aliphatic heterocycles. The lowest BCUT2D eigenvalue weighted by Crippen LogP contribution is -2.33. The molecule has 2 N–H and O–H groups in total. The van der Waals surface area contributed by atoms with Gasteiger partial charge in [-0.25, -0.2) is 4.98 Å². The highest BCUT2D eigenvalue weighted by Gasteiger charge is 2.14. The van der Waals surface area contributed by atoms with Crippen molar-refractivity contribution in [2.24, 2.45) is 11.7 Å². The van der Waals surface area contributed by atoms with Crippen molar-refractivity contribution in [2.75, 3.05) is 6.54 Å². The smallest absolute Gasteiger partial charge is 0.109 e. The van der Waals surface area contributed by atoms with Crippen LogP contribution in [0.15, 0.2) is 5.38 Å². The Morgan fingerprint density at radius 2 is 1.94 bits per heavy atom. The molecular formula is C13H25N3S. The van der Waals surface area contributed by atoms with E-state index in [0.717, 1.165) is 23.8 Å². The molecule has 4 heteroatoms. The van der Waals surface area contributed by atoms with Crippen molar-refractivity contribution in [1.82, 2.24) is 9.88 Å². The van der Waals surface area contributed by atoms with Gasteiger partial charge in [-0.2, -0.15) is 0 Å². The average molecular weight is 255 g/mol. The molecule has 1 unspecified atom stereocenters. The van der Waals surface area contributed by atoms with Gasteiger partial charge in [-0.05, 0) is 26.7 Å². The van der Waals surface area contributed by atoms with Crippen LogP contribution in [0.3, 0.4) is 0 Å². The minimum Gasteiger partial charge on any atom is -0.322 e. The van der Waals surface area contributed by atoms with Crippen LogP contribution in [0.1, 0.15) is 51.4 Å². The first-order valence-electron chi connectivity index (χ1n) is 6.34. The number of aromatic nitrogens is 1. The van der Waals surface area contributed by atoms with Crippen molar-refractivity contribution in [2.45, 2.75) is 53.2 Å². The van der Waals surface area contributed by atoms with E-state index in [-0.39, 0.29) is 6.04 Å². The normalized spacial score (nSPS) is 13.9. The molecule has 0 saturated heterocycles. The minimum atomic E-state index is 0.0475. The molecule has 0 aromatic carbocycles.